The maximum Gasteiger partial charge on any atom is 0.119 e. The molecule has 1 atom stereocenters. The Hall–Kier alpha value is -2.21. The van der Waals surface area contributed by atoms with Crippen molar-refractivity contribution >= 4 is 11.3 Å². The number of ether oxygens (including phenoxy) is 1. The summed E-state index contributed by atoms with van der Waals surface area (Å²) in [5, 5.41) is 7.03. The lowest BCUT2D eigenvalue weighted by molar-refractivity contribution is 0.182. The van der Waals surface area contributed by atoms with E-state index < -0.39 is 0 Å². The molecule has 0 spiro atoms. The van der Waals surface area contributed by atoms with Gasteiger partial charge in [-0.05, 0) is 37.1 Å². The molecule has 0 radical (unpaired) electrons. The van der Waals surface area contributed by atoms with E-state index in [1.165, 1.54) is 24.0 Å². The minimum absolute atomic E-state index is 0.517. The third-order valence-corrected chi connectivity index (χ3v) is 6.06. The van der Waals surface area contributed by atoms with Gasteiger partial charge in [-0.25, -0.2) is 4.98 Å². The van der Waals surface area contributed by atoms with Crippen molar-refractivity contribution in [3.8, 4) is 17.0 Å². The second kappa shape index (κ2) is 9.32. The zero-order valence-electron chi connectivity index (χ0n) is 16.3. The topological polar surface area (TPSA) is 37.4 Å². The van der Waals surface area contributed by atoms with Crippen LogP contribution in [0.3, 0.4) is 0 Å². The van der Waals surface area contributed by atoms with Crippen LogP contribution in [0.15, 0.2) is 60.0 Å². The van der Waals surface area contributed by atoms with Gasteiger partial charge in [0, 0.05) is 36.6 Å². The Labute approximate surface area is 171 Å². The fraction of sp³-hybridized carbons (Fsp3) is 0.348. The quantitative estimate of drug-likeness (QED) is 0.638. The minimum atomic E-state index is 0.517. The van der Waals surface area contributed by atoms with Crippen molar-refractivity contribution in [2.75, 3.05) is 20.2 Å². The van der Waals surface area contributed by atoms with Crippen LogP contribution < -0.4 is 10.1 Å². The lowest BCUT2D eigenvalue weighted by Gasteiger charge is -2.33. The van der Waals surface area contributed by atoms with Crippen LogP contribution in [0.5, 0.6) is 5.75 Å². The number of rotatable bonds is 7. The van der Waals surface area contributed by atoms with Gasteiger partial charge in [-0.1, -0.05) is 42.5 Å². The maximum atomic E-state index is 5.35. The number of nitrogens with zero attached hydrogens (tertiary/aromatic N) is 2. The Morgan fingerprint density at radius 2 is 2.07 bits per heavy atom. The summed E-state index contributed by atoms with van der Waals surface area (Å²) < 4.78 is 5.35. The first-order chi connectivity index (χ1) is 13.8. The second-order valence-electron chi connectivity index (χ2n) is 7.30. The lowest BCUT2D eigenvalue weighted by atomic mass is 10.0. The number of likely N-dealkylation sites (tertiary alicyclic amines) is 1. The summed E-state index contributed by atoms with van der Waals surface area (Å²) in [4.78, 5) is 7.33. The molecule has 0 aliphatic carbocycles. The highest BCUT2D eigenvalue weighted by Gasteiger charge is 2.20. The first-order valence-corrected chi connectivity index (χ1v) is 10.8. The Kier molecular flexibility index (Phi) is 6.37. The SMILES string of the molecule is COc1cccc(CN2CCCC(NCc3nc(-c4ccccc4)cs3)C2)c1. The molecule has 28 heavy (non-hydrogen) atoms. The molecule has 4 nitrogen and oxygen atoms in total. The number of piperidine rings is 1. The van der Waals surface area contributed by atoms with Crippen molar-refractivity contribution in [2.45, 2.75) is 32.0 Å². The third kappa shape index (κ3) is 4.98. The summed E-state index contributed by atoms with van der Waals surface area (Å²) in [6.07, 6.45) is 2.46. The van der Waals surface area contributed by atoms with Gasteiger partial charge < -0.3 is 10.1 Å². The molecule has 2 heterocycles. The van der Waals surface area contributed by atoms with Crippen molar-refractivity contribution in [1.29, 1.82) is 0 Å². The van der Waals surface area contributed by atoms with Gasteiger partial charge in [-0.15, -0.1) is 11.3 Å². The molecule has 3 aromatic rings. The summed E-state index contributed by atoms with van der Waals surface area (Å²) >= 11 is 1.74. The number of thiazole rings is 1. The van der Waals surface area contributed by atoms with Crippen LogP contribution in [0.1, 0.15) is 23.4 Å². The molecule has 1 aliphatic heterocycles. The van der Waals surface area contributed by atoms with Crippen LogP contribution in [0.4, 0.5) is 0 Å². The number of benzene rings is 2. The Morgan fingerprint density at radius 3 is 2.93 bits per heavy atom. The number of hydrogen-bond acceptors (Lipinski definition) is 5. The fourth-order valence-corrected chi connectivity index (χ4v) is 4.51. The van der Waals surface area contributed by atoms with Crippen molar-refractivity contribution in [3.63, 3.8) is 0 Å². The Balaban J connectivity index is 1.30. The van der Waals surface area contributed by atoms with E-state index in [-0.39, 0.29) is 0 Å². The number of hydrogen-bond donors (Lipinski definition) is 1. The monoisotopic (exact) mass is 393 g/mol. The molecule has 4 rings (SSSR count). The van der Waals surface area contributed by atoms with E-state index in [0.29, 0.717) is 6.04 Å². The summed E-state index contributed by atoms with van der Waals surface area (Å²) in [6, 6.07) is 19.3. The molecular formula is C23H27N3OS. The van der Waals surface area contributed by atoms with Crippen LogP contribution >= 0.6 is 11.3 Å². The third-order valence-electron chi connectivity index (χ3n) is 5.21. The fourth-order valence-electron chi connectivity index (χ4n) is 3.76. The lowest BCUT2D eigenvalue weighted by Crippen LogP contribution is -2.45. The molecule has 5 heteroatoms. The van der Waals surface area contributed by atoms with Gasteiger partial charge in [0.05, 0.1) is 12.8 Å². The molecule has 0 bridgehead atoms. The second-order valence-corrected chi connectivity index (χ2v) is 8.24. The molecule has 0 amide bonds. The van der Waals surface area contributed by atoms with Gasteiger partial charge in [-0.3, -0.25) is 4.90 Å². The average Bonchev–Trinajstić information content (AvgIpc) is 3.22. The van der Waals surface area contributed by atoms with E-state index >= 15 is 0 Å². The first kappa shape index (κ1) is 19.1. The van der Waals surface area contributed by atoms with Crippen LogP contribution in [0, 0.1) is 0 Å². The average molecular weight is 394 g/mol. The molecule has 1 aliphatic rings. The first-order valence-electron chi connectivity index (χ1n) is 9.88. The Morgan fingerprint density at radius 1 is 1.18 bits per heavy atom. The molecule has 146 valence electrons. The van der Waals surface area contributed by atoms with E-state index in [4.69, 9.17) is 9.72 Å². The van der Waals surface area contributed by atoms with Gasteiger partial charge >= 0.3 is 0 Å². The van der Waals surface area contributed by atoms with Crippen molar-refractivity contribution in [3.05, 3.63) is 70.5 Å². The van der Waals surface area contributed by atoms with Crippen LogP contribution in [0.2, 0.25) is 0 Å². The predicted octanol–water partition coefficient (Wildman–Crippen LogP) is 4.57. The maximum absolute atomic E-state index is 5.35. The highest BCUT2D eigenvalue weighted by Crippen LogP contribution is 2.22. The molecule has 1 N–H and O–H groups in total. The van der Waals surface area contributed by atoms with Gasteiger partial charge in [0.25, 0.3) is 0 Å². The number of methoxy groups -OCH3 is 1. The van der Waals surface area contributed by atoms with E-state index in [1.54, 1.807) is 18.4 Å². The van der Waals surface area contributed by atoms with Gasteiger partial charge in [-0.2, -0.15) is 0 Å². The van der Waals surface area contributed by atoms with E-state index in [0.717, 1.165) is 42.6 Å². The summed E-state index contributed by atoms with van der Waals surface area (Å²) in [5.74, 6) is 0.933. The summed E-state index contributed by atoms with van der Waals surface area (Å²) in [7, 11) is 1.72. The van der Waals surface area contributed by atoms with Gasteiger partial charge in [0.15, 0.2) is 0 Å². The van der Waals surface area contributed by atoms with Crippen molar-refractivity contribution in [1.82, 2.24) is 15.2 Å². The molecular weight excluding hydrogens is 366 g/mol. The number of nitrogens with one attached hydrogen (secondary N) is 1. The smallest absolute Gasteiger partial charge is 0.119 e. The van der Waals surface area contributed by atoms with Gasteiger partial charge in [0.1, 0.15) is 10.8 Å². The number of aromatic nitrogens is 1. The van der Waals surface area contributed by atoms with Crippen molar-refractivity contribution < 1.29 is 4.74 Å². The molecule has 1 fully saturated rings. The highest BCUT2D eigenvalue weighted by molar-refractivity contribution is 7.09. The predicted molar refractivity (Wildman–Crippen MR) is 116 cm³/mol. The molecule has 1 unspecified atom stereocenters. The van der Waals surface area contributed by atoms with Gasteiger partial charge in [0.2, 0.25) is 0 Å². The molecule has 1 saturated heterocycles. The van der Waals surface area contributed by atoms with Crippen molar-refractivity contribution in [2.24, 2.45) is 0 Å². The normalized spacial score (nSPS) is 17.5. The molecule has 2 aromatic carbocycles. The van der Waals surface area contributed by atoms with E-state index in [9.17, 15) is 0 Å². The van der Waals surface area contributed by atoms with E-state index in [2.05, 4.69) is 58.1 Å². The van der Waals surface area contributed by atoms with Crippen LogP contribution in [-0.2, 0) is 13.1 Å². The standard InChI is InChI=1S/C23H27N3OS/c1-27-21-11-5-7-18(13-21)15-26-12-6-10-20(16-26)24-14-23-25-22(17-28-23)19-8-3-2-4-9-19/h2-5,7-9,11,13,17,20,24H,6,10,12,14-16H2,1H3. The molecule has 0 saturated carbocycles. The summed E-state index contributed by atoms with van der Waals surface area (Å²) in [6.45, 7) is 4.05. The minimum Gasteiger partial charge on any atom is -0.497 e. The highest BCUT2D eigenvalue weighted by atomic mass is 32.1. The zero-order chi connectivity index (χ0) is 19.2. The molecule has 1 aromatic heterocycles. The largest absolute Gasteiger partial charge is 0.497 e. The summed E-state index contributed by atoms with van der Waals surface area (Å²) in [5.41, 5.74) is 3.57. The van der Waals surface area contributed by atoms with Crippen LogP contribution in [0.25, 0.3) is 11.3 Å². The van der Waals surface area contributed by atoms with Crippen LogP contribution in [-0.4, -0.2) is 36.1 Å². The van der Waals surface area contributed by atoms with E-state index in [1.807, 2.05) is 12.1 Å². The Bertz CT molecular complexity index is 880. The zero-order valence-corrected chi connectivity index (χ0v) is 17.1.